The highest BCUT2D eigenvalue weighted by molar-refractivity contribution is 7.99. The van der Waals surface area contributed by atoms with E-state index in [1.807, 2.05) is 11.8 Å². The Morgan fingerprint density at radius 2 is 2.00 bits per heavy atom. The van der Waals surface area contributed by atoms with Gasteiger partial charge in [0.05, 0.1) is 18.8 Å². The molecule has 94 valence electrons. The van der Waals surface area contributed by atoms with E-state index in [4.69, 9.17) is 10.5 Å². The van der Waals surface area contributed by atoms with Crippen molar-refractivity contribution in [2.75, 3.05) is 18.1 Å². The molecule has 1 aliphatic rings. The summed E-state index contributed by atoms with van der Waals surface area (Å²) in [5.74, 6) is 2.08. The molecule has 1 heterocycles. The van der Waals surface area contributed by atoms with E-state index in [1.54, 1.807) is 0 Å². The maximum absolute atomic E-state index is 6.32. The van der Waals surface area contributed by atoms with E-state index < -0.39 is 0 Å². The van der Waals surface area contributed by atoms with Crippen LogP contribution in [-0.4, -0.2) is 24.2 Å². The van der Waals surface area contributed by atoms with Gasteiger partial charge in [-0.25, -0.2) is 0 Å². The van der Waals surface area contributed by atoms with Gasteiger partial charge < -0.3 is 10.5 Å². The largest absolute Gasteiger partial charge is 0.375 e. The molecule has 0 radical (unpaired) electrons. The molecule has 1 aliphatic heterocycles. The second-order valence-corrected chi connectivity index (χ2v) is 5.77. The van der Waals surface area contributed by atoms with Crippen molar-refractivity contribution in [1.29, 1.82) is 0 Å². The molecule has 0 aliphatic carbocycles. The summed E-state index contributed by atoms with van der Waals surface area (Å²) in [7, 11) is 0. The molecular formula is C15H17NOS. The Morgan fingerprint density at radius 3 is 2.78 bits per heavy atom. The molecule has 2 aromatic carbocycles. The molecule has 0 bridgehead atoms. The molecule has 0 amide bonds. The fraction of sp³-hybridized carbons (Fsp3) is 0.333. The summed E-state index contributed by atoms with van der Waals surface area (Å²) in [5, 5.41) is 2.50. The lowest BCUT2D eigenvalue weighted by atomic mass is 9.99. The molecule has 0 spiro atoms. The average Bonchev–Trinajstić information content (AvgIpc) is 2.47. The van der Waals surface area contributed by atoms with Crippen LogP contribution in [0, 0.1) is 0 Å². The molecule has 1 fully saturated rings. The third-order valence-electron chi connectivity index (χ3n) is 3.40. The summed E-state index contributed by atoms with van der Waals surface area (Å²) in [6.45, 7) is 0.816. The lowest BCUT2D eigenvalue weighted by molar-refractivity contribution is 0.0569. The van der Waals surface area contributed by atoms with Gasteiger partial charge in [0.25, 0.3) is 0 Å². The first kappa shape index (κ1) is 12.0. The molecule has 3 heteroatoms. The molecule has 2 N–H and O–H groups in total. The minimum Gasteiger partial charge on any atom is -0.375 e. The normalized spacial score (nSPS) is 21.9. The van der Waals surface area contributed by atoms with Crippen molar-refractivity contribution in [2.24, 2.45) is 5.73 Å². The van der Waals surface area contributed by atoms with Crippen molar-refractivity contribution >= 4 is 22.5 Å². The Kier molecular flexibility index (Phi) is 3.55. The minimum absolute atomic E-state index is 0.0255. The van der Waals surface area contributed by atoms with Crippen LogP contribution in [0.2, 0.25) is 0 Å². The van der Waals surface area contributed by atoms with Gasteiger partial charge in [-0.05, 0) is 22.4 Å². The van der Waals surface area contributed by atoms with Crippen molar-refractivity contribution in [1.82, 2.24) is 0 Å². The van der Waals surface area contributed by atoms with Gasteiger partial charge in [0, 0.05) is 11.5 Å². The van der Waals surface area contributed by atoms with Crippen LogP contribution in [0.3, 0.4) is 0 Å². The van der Waals surface area contributed by atoms with Crippen molar-refractivity contribution in [3.8, 4) is 0 Å². The van der Waals surface area contributed by atoms with E-state index in [0.29, 0.717) is 0 Å². The van der Waals surface area contributed by atoms with Crippen LogP contribution in [0.4, 0.5) is 0 Å². The molecule has 2 nitrogen and oxygen atoms in total. The Bertz CT molecular complexity index is 537. The molecule has 2 aromatic rings. The van der Waals surface area contributed by atoms with Crippen LogP contribution in [0.25, 0.3) is 10.8 Å². The molecular weight excluding hydrogens is 242 g/mol. The van der Waals surface area contributed by atoms with Crippen LogP contribution in [0.1, 0.15) is 11.6 Å². The zero-order valence-corrected chi connectivity index (χ0v) is 11.0. The third-order valence-corrected chi connectivity index (χ3v) is 4.42. The summed E-state index contributed by atoms with van der Waals surface area (Å²) in [4.78, 5) is 0. The second-order valence-electron chi connectivity index (χ2n) is 4.62. The number of benzene rings is 2. The average molecular weight is 259 g/mol. The van der Waals surface area contributed by atoms with Crippen LogP contribution in [0.5, 0.6) is 0 Å². The number of ether oxygens (including phenoxy) is 1. The highest BCUT2D eigenvalue weighted by Crippen LogP contribution is 2.26. The van der Waals surface area contributed by atoms with Gasteiger partial charge in [0.2, 0.25) is 0 Å². The van der Waals surface area contributed by atoms with Crippen LogP contribution >= 0.6 is 11.8 Å². The Balaban J connectivity index is 1.88. The molecule has 0 aromatic heterocycles. The lowest BCUT2D eigenvalue weighted by Gasteiger charge is -2.28. The number of hydrogen-bond acceptors (Lipinski definition) is 3. The van der Waals surface area contributed by atoms with E-state index in [2.05, 4.69) is 42.5 Å². The molecule has 1 saturated heterocycles. The van der Waals surface area contributed by atoms with Gasteiger partial charge in [-0.1, -0.05) is 36.4 Å². The number of rotatable bonds is 2. The first-order chi connectivity index (χ1) is 8.84. The Morgan fingerprint density at radius 1 is 1.17 bits per heavy atom. The number of fused-ring (bicyclic) bond motifs is 1. The van der Waals surface area contributed by atoms with E-state index in [1.165, 1.54) is 16.3 Å². The third kappa shape index (κ3) is 2.39. The van der Waals surface area contributed by atoms with Crippen molar-refractivity contribution in [2.45, 2.75) is 12.1 Å². The number of nitrogens with two attached hydrogens (primary N) is 1. The van der Waals surface area contributed by atoms with E-state index >= 15 is 0 Å². The number of hydrogen-bond donors (Lipinski definition) is 1. The van der Waals surface area contributed by atoms with Gasteiger partial charge in [0.1, 0.15) is 0 Å². The minimum atomic E-state index is -0.0255. The van der Waals surface area contributed by atoms with Gasteiger partial charge in [0.15, 0.2) is 0 Å². The first-order valence-corrected chi connectivity index (χ1v) is 7.44. The predicted molar refractivity (Wildman–Crippen MR) is 77.9 cm³/mol. The fourth-order valence-electron chi connectivity index (χ4n) is 2.34. The second kappa shape index (κ2) is 5.31. The quantitative estimate of drug-likeness (QED) is 0.900. The summed E-state index contributed by atoms with van der Waals surface area (Å²) < 4.78 is 5.76. The van der Waals surface area contributed by atoms with E-state index in [9.17, 15) is 0 Å². The van der Waals surface area contributed by atoms with E-state index in [0.717, 1.165) is 18.1 Å². The zero-order chi connectivity index (χ0) is 12.4. The van der Waals surface area contributed by atoms with Crippen LogP contribution in [-0.2, 0) is 4.74 Å². The zero-order valence-electron chi connectivity index (χ0n) is 10.2. The van der Waals surface area contributed by atoms with Gasteiger partial charge in [-0.15, -0.1) is 0 Å². The number of thioether (sulfide) groups is 1. The monoisotopic (exact) mass is 259 g/mol. The maximum Gasteiger partial charge on any atom is 0.0858 e. The summed E-state index contributed by atoms with van der Waals surface area (Å²) in [5.41, 5.74) is 7.49. The maximum atomic E-state index is 6.32. The van der Waals surface area contributed by atoms with Gasteiger partial charge >= 0.3 is 0 Å². The first-order valence-electron chi connectivity index (χ1n) is 6.28. The van der Waals surface area contributed by atoms with Gasteiger partial charge in [-0.3, -0.25) is 0 Å². The lowest BCUT2D eigenvalue weighted by Crippen LogP contribution is -2.34. The standard InChI is InChI=1S/C15H17NOS/c16-15(14-10-18-8-7-17-14)13-6-5-11-3-1-2-4-12(11)9-13/h1-6,9,14-15H,7-8,10,16H2. The molecule has 18 heavy (non-hydrogen) atoms. The van der Waals surface area contributed by atoms with Gasteiger partial charge in [-0.2, -0.15) is 11.8 Å². The molecule has 0 saturated carbocycles. The van der Waals surface area contributed by atoms with E-state index in [-0.39, 0.29) is 12.1 Å². The summed E-state index contributed by atoms with van der Waals surface area (Å²) in [6, 6.07) is 14.8. The Hall–Kier alpha value is -1.03. The molecule has 2 unspecified atom stereocenters. The fourth-order valence-corrected chi connectivity index (χ4v) is 3.26. The smallest absolute Gasteiger partial charge is 0.0858 e. The van der Waals surface area contributed by atoms with Crippen molar-refractivity contribution in [3.05, 3.63) is 48.0 Å². The van der Waals surface area contributed by atoms with Crippen LogP contribution in [0.15, 0.2) is 42.5 Å². The Labute approximate surface area is 112 Å². The van der Waals surface area contributed by atoms with Crippen molar-refractivity contribution in [3.63, 3.8) is 0 Å². The summed E-state index contributed by atoms with van der Waals surface area (Å²) in [6.07, 6.45) is 0.143. The predicted octanol–water partition coefficient (Wildman–Crippen LogP) is 2.97. The summed E-state index contributed by atoms with van der Waals surface area (Å²) >= 11 is 1.92. The molecule has 2 atom stereocenters. The topological polar surface area (TPSA) is 35.2 Å². The van der Waals surface area contributed by atoms with Crippen molar-refractivity contribution < 1.29 is 4.74 Å². The SMILES string of the molecule is NC(c1ccc2ccccc2c1)C1CSCCO1. The molecule has 3 rings (SSSR count). The highest BCUT2D eigenvalue weighted by Gasteiger charge is 2.23. The highest BCUT2D eigenvalue weighted by atomic mass is 32.2. The van der Waals surface area contributed by atoms with Crippen LogP contribution < -0.4 is 5.73 Å².